The predicted octanol–water partition coefficient (Wildman–Crippen LogP) is 2.64. The summed E-state index contributed by atoms with van der Waals surface area (Å²) in [7, 11) is -5.90. The van der Waals surface area contributed by atoms with Crippen molar-refractivity contribution in [3.8, 4) is 11.6 Å². The van der Waals surface area contributed by atoms with Crippen LogP contribution in [0.2, 0.25) is 0 Å². The summed E-state index contributed by atoms with van der Waals surface area (Å²) in [5.74, 6) is -0.732. The standard InChI is InChI=1S/C17H18F3N3O4S/c1-16(2,3)13-8-7-10(9-21-13)23-15(24)12-6-4-5-11(12)14(22-23)27-28(25,26)17(18,19)20/h7-9H,4-6H2,1-3H3. The zero-order valence-electron chi connectivity index (χ0n) is 15.4. The first kappa shape index (κ1) is 20.3. The van der Waals surface area contributed by atoms with Crippen molar-refractivity contribution in [2.45, 2.75) is 51.0 Å². The van der Waals surface area contributed by atoms with E-state index in [1.54, 1.807) is 12.1 Å². The second-order valence-corrected chi connectivity index (χ2v) is 9.01. The zero-order valence-corrected chi connectivity index (χ0v) is 16.2. The van der Waals surface area contributed by atoms with E-state index in [1.165, 1.54) is 6.20 Å². The van der Waals surface area contributed by atoms with Crippen LogP contribution in [-0.2, 0) is 28.4 Å². The SMILES string of the molecule is CC(C)(C)c1ccc(-n2nc(OS(=O)(=O)C(F)(F)F)c3c(c2=O)CCC3)cn1. The molecule has 1 aliphatic rings. The van der Waals surface area contributed by atoms with Crippen molar-refractivity contribution in [2.24, 2.45) is 0 Å². The Hall–Kier alpha value is -2.43. The largest absolute Gasteiger partial charge is 0.534 e. The van der Waals surface area contributed by atoms with Gasteiger partial charge < -0.3 is 4.18 Å². The number of pyridine rings is 1. The summed E-state index contributed by atoms with van der Waals surface area (Å²) >= 11 is 0. The maximum atomic E-state index is 12.7. The van der Waals surface area contributed by atoms with Gasteiger partial charge in [0.1, 0.15) is 0 Å². The highest BCUT2D eigenvalue weighted by Gasteiger charge is 2.49. The van der Waals surface area contributed by atoms with Crippen LogP contribution in [0.25, 0.3) is 5.69 Å². The molecule has 0 amide bonds. The minimum Gasteiger partial charge on any atom is -0.353 e. The molecule has 2 heterocycles. The van der Waals surface area contributed by atoms with E-state index >= 15 is 0 Å². The van der Waals surface area contributed by atoms with E-state index in [0.29, 0.717) is 12.8 Å². The molecule has 0 bridgehead atoms. The van der Waals surface area contributed by atoms with Crippen molar-refractivity contribution in [3.05, 3.63) is 45.5 Å². The lowest BCUT2D eigenvalue weighted by Crippen LogP contribution is -2.31. The second-order valence-electron chi connectivity index (χ2n) is 7.47. The molecule has 11 heteroatoms. The number of fused-ring (bicyclic) bond motifs is 1. The van der Waals surface area contributed by atoms with Gasteiger partial charge in [0.25, 0.3) is 11.4 Å². The monoisotopic (exact) mass is 417 g/mol. The molecule has 1 aliphatic carbocycles. The number of nitrogens with zero attached hydrogens (tertiary/aromatic N) is 3. The summed E-state index contributed by atoms with van der Waals surface area (Å²) in [5, 5.41) is 3.77. The number of halogens is 3. The molecule has 0 N–H and O–H groups in total. The molecular weight excluding hydrogens is 399 g/mol. The summed E-state index contributed by atoms with van der Waals surface area (Å²) in [6.07, 6.45) is 2.35. The molecule has 7 nitrogen and oxygen atoms in total. The fourth-order valence-electron chi connectivity index (χ4n) is 2.89. The average Bonchev–Trinajstić information content (AvgIpc) is 3.06. The lowest BCUT2D eigenvalue weighted by atomic mass is 9.92. The van der Waals surface area contributed by atoms with Crippen LogP contribution >= 0.6 is 0 Å². The Morgan fingerprint density at radius 2 is 1.75 bits per heavy atom. The smallest absolute Gasteiger partial charge is 0.353 e. The van der Waals surface area contributed by atoms with Crippen molar-refractivity contribution in [1.82, 2.24) is 14.8 Å². The van der Waals surface area contributed by atoms with Gasteiger partial charge in [0.2, 0.25) is 0 Å². The first-order chi connectivity index (χ1) is 12.8. The second kappa shape index (κ2) is 6.57. The van der Waals surface area contributed by atoms with E-state index in [4.69, 9.17) is 0 Å². The molecule has 0 saturated heterocycles. The predicted molar refractivity (Wildman–Crippen MR) is 94.0 cm³/mol. The Morgan fingerprint density at radius 1 is 1.11 bits per heavy atom. The van der Waals surface area contributed by atoms with E-state index in [2.05, 4.69) is 14.3 Å². The van der Waals surface area contributed by atoms with Gasteiger partial charge in [-0.3, -0.25) is 9.78 Å². The third-order valence-corrected chi connectivity index (χ3v) is 5.29. The fraction of sp³-hybridized carbons (Fsp3) is 0.471. The molecule has 0 unspecified atom stereocenters. The summed E-state index contributed by atoms with van der Waals surface area (Å²) in [5.41, 5.74) is -5.16. The lowest BCUT2D eigenvalue weighted by Gasteiger charge is -2.18. The number of rotatable bonds is 3. The van der Waals surface area contributed by atoms with Gasteiger partial charge in [-0.05, 0) is 31.4 Å². The molecule has 28 heavy (non-hydrogen) atoms. The van der Waals surface area contributed by atoms with E-state index in [0.717, 1.165) is 10.4 Å². The van der Waals surface area contributed by atoms with Crippen LogP contribution in [0.4, 0.5) is 13.2 Å². The van der Waals surface area contributed by atoms with Gasteiger partial charge in [-0.2, -0.15) is 26.3 Å². The van der Waals surface area contributed by atoms with Crippen molar-refractivity contribution in [2.75, 3.05) is 0 Å². The molecule has 0 aliphatic heterocycles. The lowest BCUT2D eigenvalue weighted by molar-refractivity contribution is -0.0502. The van der Waals surface area contributed by atoms with Crippen LogP contribution in [-0.4, -0.2) is 28.7 Å². The van der Waals surface area contributed by atoms with Crippen LogP contribution in [0.1, 0.15) is 44.0 Å². The summed E-state index contributed by atoms with van der Waals surface area (Å²) < 4.78 is 66.1. The van der Waals surface area contributed by atoms with Gasteiger partial charge >= 0.3 is 15.6 Å². The molecule has 2 aromatic rings. The Balaban J connectivity index is 2.13. The summed E-state index contributed by atoms with van der Waals surface area (Å²) in [6.45, 7) is 5.84. The van der Waals surface area contributed by atoms with Gasteiger partial charge in [0, 0.05) is 22.2 Å². The van der Waals surface area contributed by atoms with Gasteiger partial charge in [0.05, 0.1) is 11.9 Å². The Kier molecular flexibility index (Phi) is 4.77. The topological polar surface area (TPSA) is 91.2 Å². The van der Waals surface area contributed by atoms with Crippen LogP contribution in [0.5, 0.6) is 5.88 Å². The highest BCUT2D eigenvalue weighted by Crippen LogP contribution is 2.32. The van der Waals surface area contributed by atoms with Crippen LogP contribution < -0.4 is 9.74 Å². The van der Waals surface area contributed by atoms with Gasteiger partial charge in [-0.15, -0.1) is 5.10 Å². The van der Waals surface area contributed by atoms with Gasteiger partial charge in [-0.25, -0.2) is 0 Å². The minimum absolute atomic E-state index is 0.0911. The first-order valence-corrected chi connectivity index (χ1v) is 9.85. The molecule has 0 spiro atoms. The Bertz CT molecular complexity index is 1070. The molecule has 0 atom stereocenters. The number of hydrogen-bond acceptors (Lipinski definition) is 6. The van der Waals surface area contributed by atoms with E-state index in [9.17, 15) is 26.4 Å². The molecule has 2 aromatic heterocycles. The molecule has 0 aromatic carbocycles. The first-order valence-electron chi connectivity index (χ1n) is 8.44. The quantitative estimate of drug-likeness (QED) is 0.563. The van der Waals surface area contributed by atoms with Crippen molar-refractivity contribution >= 4 is 10.1 Å². The third-order valence-electron chi connectivity index (χ3n) is 4.35. The highest BCUT2D eigenvalue weighted by molar-refractivity contribution is 7.87. The maximum absolute atomic E-state index is 12.7. The van der Waals surface area contributed by atoms with E-state index in [-0.39, 0.29) is 28.7 Å². The van der Waals surface area contributed by atoms with Crippen molar-refractivity contribution < 1.29 is 25.8 Å². The molecule has 152 valence electrons. The zero-order chi connectivity index (χ0) is 20.9. The minimum atomic E-state index is -5.90. The molecular formula is C17H18F3N3O4S. The van der Waals surface area contributed by atoms with Crippen molar-refractivity contribution in [3.63, 3.8) is 0 Å². The molecule has 0 fully saturated rings. The fourth-order valence-corrected chi connectivity index (χ4v) is 3.32. The van der Waals surface area contributed by atoms with Crippen LogP contribution in [0.15, 0.2) is 23.1 Å². The van der Waals surface area contributed by atoms with Crippen molar-refractivity contribution in [1.29, 1.82) is 0 Å². The molecule has 0 saturated carbocycles. The highest BCUT2D eigenvalue weighted by atomic mass is 32.2. The number of aromatic nitrogens is 3. The van der Waals surface area contributed by atoms with Crippen LogP contribution in [0, 0.1) is 0 Å². The van der Waals surface area contributed by atoms with Crippen LogP contribution in [0.3, 0.4) is 0 Å². The number of hydrogen-bond donors (Lipinski definition) is 0. The number of alkyl halides is 3. The Labute approximate surface area is 159 Å². The normalized spacial score (nSPS) is 14.8. The third kappa shape index (κ3) is 3.62. The average molecular weight is 417 g/mol. The summed E-state index contributed by atoms with van der Waals surface area (Å²) in [6, 6.07) is 3.22. The van der Waals surface area contributed by atoms with Gasteiger partial charge in [0.15, 0.2) is 0 Å². The molecule has 3 rings (SSSR count). The summed E-state index contributed by atoms with van der Waals surface area (Å²) in [4.78, 5) is 17.0. The molecule has 0 radical (unpaired) electrons. The maximum Gasteiger partial charge on any atom is 0.534 e. The Morgan fingerprint density at radius 3 is 2.29 bits per heavy atom. The van der Waals surface area contributed by atoms with E-state index in [1.807, 2.05) is 20.8 Å². The van der Waals surface area contributed by atoms with Gasteiger partial charge in [-0.1, -0.05) is 20.8 Å². The van der Waals surface area contributed by atoms with E-state index < -0.39 is 27.1 Å².